The summed E-state index contributed by atoms with van der Waals surface area (Å²) >= 11 is 0. The summed E-state index contributed by atoms with van der Waals surface area (Å²) in [5, 5.41) is 7.75. The zero-order chi connectivity index (χ0) is 21.9. The van der Waals surface area contributed by atoms with Gasteiger partial charge in [-0.1, -0.05) is 18.2 Å². The zero-order valence-electron chi connectivity index (χ0n) is 18.3. The Hall–Kier alpha value is -3.19. The number of para-hydroxylation sites is 1. The number of carbonyl (C=O) groups excluding carboxylic acids is 1. The van der Waals surface area contributed by atoms with Crippen LogP contribution in [0, 0.1) is 12.8 Å². The van der Waals surface area contributed by atoms with Crippen LogP contribution < -0.4 is 20.1 Å². The highest BCUT2D eigenvalue weighted by atomic mass is 16.6. The van der Waals surface area contributed by atoms with E-state index in [0.29, 0.717) is 31.5 Å². The number of nitrogens with zero attached hydrogens (tertiary/aromatic N) is 2. The van der Waals surface area contributed by atoms with Crippen LogP contribution in [0.3, 0.4) is 0 Å². The lowest BCUT2D eigenvalue weighted by Crippen LogP contribution is -2.36. The SMILES string of the molecule is Cc1ccc2cccc(NC(=O)[C@H]3CC[C@H](NCc4cc5c(cn4)OCCO5)CC3)c2n1. The van der Waals surface area contributed by atoms with E-state index in [-0.39, 0.29) is 11.8 Å². The van der Waals surface area contributed by atoms with Gasteiger partial charge in [-0.25, -0.2) is 0 Å². The predicted octanol–water partition coefficient (Wildman–Crippen LogP) is 4.00. The van der Waals surface area contributed by atoms with Crippen LogP contribution in [0.2, 0.25) is 0 Å². The number of anilines is 1. The third-order valence-electron chi connectivity index (χ3n) is 6.27. The summed E-state index contributed by atoms with van der Waals surface area (Å²) in [5.74, 6) is 1.60. The Labute approximate surface area is 187 Å². The van der Waals surface area contributed by atoms with Gasteiger partial charge < -0.3 is 20.1 Å². The average molecular weight is 433 g/mol. The molecule has 7 heteroatoms. The fourth-order valence-corrected chi connectivity index (χ4v) is 4.47. The quantitative estimate of drug-likeness (QED) is 0.634. The van der Waals surface area contributed by atoms with Gasteiger partial charge in [-0.2, -0.15) is 0 Å². The van der Waals surface area contributed by atoms with Gasteiger partial charge in [0.1, 0.15) is 13.2 Å². The van der Waals surface area contributed by atoms with Gasteiger partial charge in [0.15, 0.2) is 11.5 Å². The molecule has 2 aromatic heterocycles. The van der Waals surface area contributed by atoms with Crippen molar-refractivity contribution in [2.75, 3.05) is 18.5 Å². The Morgan fingerprint density at radius 1 is 1.06 bits per heavy atom. The summed E-state index contributed by atoms with van der Waals surface area (Å²) in [4.78, 5) is 22.0. The number of amides is 1. The first-order chi connectivity index (χ1) is 15.7. The molecule has 1 saturated carbocycles. The lowest BCUT2D eigenvalue weighted by Gasteiger charge is -2.28. The minimum absolute atomic E-state index is 0.0283. The lowest BCUT2D eigenvalue weighted by atomic mass is 9.85. The molecule has 0 saturated heterocycles. The number of fused-ring (bicyclic) bond motifs is 2. The number of pyridine rings is 2. The number of aryl methyl sites for hydroxylation is 1. The number of ether oxygens (including phenoxy) is 2. The fraction of sp³-hybridized carbons (Fsp3) is 0.400. The summed E-state index contributed by atoms with van der Waals surface area (Å²) in [6, 6.07) is 12.3. The second kappa shape index (κ2) is 9.12. The molecular formula is C25H28N4O3. The van der Waals surface area contributed by atoms with Crippen molar-refractivity contribution in [3.63, 3.8) is 0 Å². The van der Waals surface area contributed by atoms with E-state index in [9.17, 15) is 4.79 Å². The normalized spacial score (nSPS) is 20.2. The lowest BCUT2D eigenvalue weighted by molar-refractivity contribution is -0.120. The van der Waals surface area contributed by atoms with Crippen molar-refractivity contribution in [2.45, 2.75) is 45.2 Å². The van der Waals surface area contributed by atoms with E-state index in [0.717, 1.165) is 59.4 Å². The van der Waals surface area contributed by atoms with Gasteiger partial charge in [0.25, 0.3) is 0 Å². The van der Waals surface area contributed by atoms with Crippen LogP contribution in [0.15, 0.2) is 42.6 Å². The van der Waals surface area contributed by atoms with Crippen LogP contribution in [0.1, 0.15) is 37.1 Å². The van der Waals surface area contributed by atoms with Gasteiger partial charge >= 0.3 is 0 Å². The maximum absolute atomic E-state index is 12.9. The van der Waals surface area contributed by atoms with E-state index in [1.807, 2.05) is 43.3 Å². The summed E-state index contributed by atoms with van der Waals surface area (Å²) in [5.41, 5.74) is 3.52. The topological polar surface area (TPSA) is 85.4 Å². The first-order valence-corrected chi connectivity index (χ1v) is 11.3. The number of carbonyl (C=O) groups is 1. The van der Waals surface area contributed by atoms with Crippen molar-refractivity contribution in [2.24, 2.45) is 5.92 Å². The van der Waals surface area contributed by atoms with E-state index >= 15 is 0 Å². The van der Waals surface area contributed by atoms with Crippen molar-refractivity contribution in [1.29, 1.82) is 0 Å². The van der Waals surface area contributed by atoms with E-state index < -0.39 is 0 Å². The van der Waals surface area contributed by atoms with E-state index in [1.165, 1.54) is 0 Å². The molecule has 1 amide bonds. The fourth-order valence-electron chi connectivity index (χ4n) is 4.47. The van der Waals surface area contributed by atoms with Crippen LogP contribution in [0.4, 0.5) is 5.69 Å². The molecule has 2 aliphatic rings. The number of rotatable bonds is 5. The van der Waals surface area contributed by atoms with Gasteiger partial charge in [-0.05, 0) is 44.7 Å². The Morgan fingerprint density at radius 3 is 2.72 bits per heavy atom. The molecule has 0 radical (unpaired) electrons. The maximum atomic E-state index is 12.9. The zero-order valence-corrected chi connectivity index (χ0v) is 18.3. The highest BCUT2D eigenvalue weighted by Crippen LogP contribution is 2.30. The Balaban J connectivity index is 1.14. The smallest absolute Gasteiger partial charge is 0.227 e. The molecule has 7 nitrogen and oxygen atoms in total. The highest BCUT2D eigenvalue weighted by molar-refractivity contribution is 6.01. The monoisotopic (exact) mass is 432 g/mol. The maximum Gasteiger partial charge on any atom is 0.227 e. The molecule has 1 fully saturated rings. The van der Waals surface area contributed by atoms with Gasteiger partial charge in [0, 0.05) is 35.7 Å². The average Bonchev–Trinajstić information content (AvgIpc) is 2.83. The van der Waals surface area contributed by atoms with Gasteiger partial charge in [0.05, 0.1) is 23.1 Å². The van der Waals surface area contributed by atoms with Gasteiger partial charge in [-0.3, -0.25) is 14.8 Å². The van der Waals surface area contributed by atoms with E-state index in [2.05, 4.69) is 20.6 Å². The molecule has 0 spiro atoms. The number of hydrogen-bond donors (Lipinski definition) is 2. The summed E-state index contributed by atoms with van der Waals surface area (Å²) < 4.78 is 11.2. The third kappa shape index (κ3) is 4.53. The van der Waals surface area contributed by atoms with Crippen molar-refractivity contribution in [3.8, 4) is 11.5 Å². The number of benzene rings is 1. The second-order valence-corrected chi connectivity index (χ2v) is 8.57. The van der Waals surface area contributed by atoms with E-state index in [4.69, 9.17) is 9.47 Å². The molecule has 0 atom stereocenters. The summed E-state index contributed by atoms with van der Waals surface area (Å²) in [7, 11) is 0. The molecule has 1 aliphatic heterocycles. The molecule has 1 aromatic carbocycles. The van der Waals surface area contributed by atoms with Crippen molar-refractivity contribution in [3.05, 3.63) is 54.0 Å². The molecule has 166 valence electrons. The number of hydrogen-bond acceptors (Lipinski definition) is 6. The predicted molar refractivity (Wildman–Crippen MR) is 123 cm³/mol. The van der Waals surface area contributed by atoms with Crippen molar-refractivity contribution in [1.82, 2.24) is 15.3 Å². The van der Waals surface area contributed by atoms with Crippen LogP contribution in [0.25, 0.3) is 10.9 Å². The minimum Gasteiger partial charge on any atom is -0.486 e. The molecule has 0 bridgehead atoms. The molecule has 2 N–H and O–H groups in total. The summed E-state index contributed by atoms with van der Waals surface area (Å²) in [6.45, 7) is 3.79. The minimum atomic E-state index is 0.0283. The Morgan fingerprint density at radius 2 is 1.88 bits per heavy atom. The van der Waals surface area contributed by atoms with E-state index in [1.54, 1.807) is 6.20 Å². The van der Waals surface area contributed by atoms with Crippen LogP contribution in [-0.4, -0.2) is 35.1 Å². The second-order valence-electron chi connectivity index (χ2n) is 8.57. The number of aromatic nitrogens is 2. The first kappa shape index (κ1) is 20.7. The van der Waals surface area contributed by atoms with Crippen LogP contribution in [0.5, 0.6) is 11.5 Å². The number of nitrogens with one attached hydrogen (secondary N) is 2. The van der Waals surface area contributed by atoms with Crippen molar-refractivity contribution >= 4 is 22.5 Å². The van der Waals surface area contributed by atoms with Gasteiger partial charge in [-0.15, -0.1) is 0 Å². The Bertz CT molecular complexity index is 1130. The third-order valence-corrected chi connectivity index (χ3v) is 6.27. The molecule has 0 unspecified atom stereocenters. The molecular weight excluding hydrogens is 404 g/mol. The first-order valence-electron chi connectivity index (χ1n) is 11.3. The molecule has 32 heavy (non-hydrogen) atoms. The molecule has 5 rings (SSSR count). The summed E-state index contributed by atoms with van der Waals surface area (Å²) in [6.07, 6.45) is 5.41. The van der Waals surface area contributed by atoms with Crippen molar-refractivity contribution < 1.29 is 14.3 Å². The molecule has 1 aliphatic carbocycles. The Kier molecular flexibility index (Phi) is 5.90. The largest absolute Gasteiger partial charge is 0.486 e. The van der Waals surface area contributed by atoms with Gasteiger partial charge in [0.2, 0.25) is 5.91 Å². The molecule has 3 aromatic rings. The van der Waals surface area contributed by atoms with Crippen LogP contribution in [-0.2, 0) is 11.3 Å². The molecule has 3 heterocycles. The highest BCUT2D eigenvalue weighted by Gasteiger charge is 2.26. The standard InChI is InChI=1S/C25H28N4O3/c1-16-5-6-17-3-2-4-21(24(17)28-16)29-25(30)18-7-9-19(10-8-18)26-14-20-13-22-23(15-27-20)32-12-11-31-22/h2-6,13,15,18-19,26H,7-12,14H2,1H3,(H,29,30)/t18-,19-. The van der Waals surface area contributed by atoms with Crippen LogP contribution >= 0.6 is 0 Å².